The highest BCUT2D eigenvalue weighted by molar-refractivity contribution is 7.80. The number of amides is 2. The Bertz CT molecular complexity index is 433. The van der Waals surface area contributed by atoms with Crippen molar-refractivity contribution in [1.29, 1.82) is 0 Å². The van der Waals surface area contributed by atoms with Gasteiger partial charge in [-0.3, -0.25) is 9.59 Å². The standard InChI is InChI=1S/C15H27N3O2S/c1-4-6-15(7-5-2,12(17)21)13(20)18-9-8-14(3,10-18)11(16)19/h4-10H2,1-3H3,(H2,16,19)(H2,17,21). The van der Waals surface area contributed by atoms with E-state index < -0.39 is 10.8 Å². The van der Waals surface area contributed by atoms with Crippen molar-refractivity contribution >= 4 is 29.0 Å². The zero-order valence-electron chi connectivity index (χ0n) is 13.3. The van der Waals surface area contributed by atoms with Crippen LogP contribution in [0.25, 0.3) is 0 Å². The molecule has 0 spiro atoms. The normalized spacial score (nSPS) is 22.3. The molecule has 0 aromatic rings. The fraction of sp³-hybridized carbons (Fsp3) is 0.800. The maximum atomic E-state index is 13.0. The first kappa shape index (κ1) is 17.9. The zero-order valence-corrected chi connectivity index (χ0v) is 14.1. The molecule has 0 aromatic heterocycles. The number of hydrogen-bond donors (Lipinski definition) is 2. The smallest absolute Gasteiger partial charge is 0.235 e. The lowest BCUT2D eigenvalue weighted by Crippen LogP contribution is -2.51. The van der Waals surface area contributed by atoms with E-state index in [-0.39, 0.29) is 16.8 Å². The molecule has 1 unspecified atom stereocenters. The third-order valence-corrected chi connectivity index (χ3v) is 4.98. The Hall–Kier alpha value is -1.17. The van der Waals surface area contributed by atoms with Crippen LogP contribution in [0.15, 0.2) is 0 Å². The van der Waals surface area contributed by atoms with Gasteiger partial charge in [-0.2, -0.15) is 0 Å². The molecule has 1 saturated heterocycles. The molecule has 0 saturated carbocycles. The molecule has 5 nitrogen and oxygen atoms in total. The van der Waals surface area contributed by atoms with Gasteiger partial charge in [-0.05, 0) is 26.2 Å². The molecule has 1 heterocycles. The van der Waals surface area contributed by atoms with Crippen LogP contribution < -0.4 is 11.5 Å². The van der Waals surface area contributed by atoms with Gasteiger partial charge < -0.3 is 16.4 Å². The fourth-order valence-electron chi connectivity index (χ4n) is 3.18. The minimum absolute atomic E-state index is 0.0383. The maximum absolute atomic E-state index is 13.0. The van der Waals surface area contributed by atoms with E-state index in [9.17, 15) is 9.59 Å². The average Bonchev–Trinajstić information content (AvgIpc) is 2.81. The molecular weight excluding hydrogens is 286 g/mol. The summed E-state index contributed by atoms with van der Waals surface area (Å²) in [4.78, 5) is 26.6. The van der Waals surface area contributed by atoms with Crippen LogP contribution in [0.5, 0.6) is 0 Å². The van der Waals surface area contributed by atoms with E-state index in [1.807, 2.05) is 20.8 Å². The first-order valence-corrected chi connectivity index (χ1v) is 8.03. The van der Waals surface area contributed by atoms with Gasteiger partial charge in [0, 0.05) is 13.1 Å². The van der Waals surface area contributed by atoms with Crippen LogP contribution in [0, 0.1) is 10.8 Å². The summed E-state index contributed by atoms with van der Waals surface area (Å²) in [5, 5.41) is 0. The van der Waals surface area contributed by atoms with Crippen molar-refractivity contribution in [2.24, 2.45) is 22.3 Å². The maximum Gasteiger partial charge on any atom is 0.235 e. The average molecular weight is 313 g/mol. The number of likely N-dealkylation sites (tertiary alicyclic amines) is 1. The molecule has 0 bridgehead atoms. The summed E-state index contributed by atoms with van der Waals surface area (Å²) in [6.07, 6.45) is 3.57. The van der Waals surface area contributed by atoms with Gasteiger partial charge in [0.2, 0.25) is 11.8 Å². The van der Waals surface area contributed by atoms with Crippen LogP contribution in [0.3, 0.4) is 0 Å². The number of thiocarbonyl (C=S) groups is 1. The summed E-state index contributed by atoms with van der Waals surface area (Å²) in [6, 6.07) is 0. The predicted octanol–water partition coefficient (Wildman–Crippen LogP) is 1.58. The molecule has 1 aliphatic heterocycles. The Morgan fingerprint density at radius 3 is 2.10 bits per heavy atom. The molecule has 0 radical (unpaired) electrons. The Kier molecular flexibility index (Phi) is 5.73. The number of rotatable bonds is 7. The molecule has 0 aromatic carbocycles. The SMILES string of the molecule is CCCC(CCC)(C(=O)N1CCC(C)(C(N)=O)C1)C(N)=S. The summed E-state index contributed by atoms with van der Waals surface area (Å²) in [7, 11) is 0. The van der Waals surface area contributed by atoms with E-state index in [4.69, 9.17) is 23.7 Å². The second-order valence-corrected chi connectivity index (χ2v) is 6.79. The van der Waals surface area contributed by atoms with Crippen molar-refractivity contribution in [3.63, 3.8) is 0 Å². The number of carbonyl (C=O) groups excluding carboxylic acids is 2. The second-order valence-electron chi connectivity index (χ2n) is 6.35. The van der Waals surface area contributed by atoms with Crippen molar-refractivity contribution < 1.29 is 9.59 Å². The van der Waals surface area contributed by atoms with Gasteiger partial charge in [0.25, 0.3) is 0 Å². The molecule has 0 aliphatic carbocycles. The molecule has 21 heavy (non-hydrogen) atoms. The highest BCUT2D eigenvalue weighted by Crippen LogP contribution is 2.37. The molecule has 120 valence electrons. The van der Waals surface area contributed by atoms with Gasteiger partial charge in [0.1, 0.15) is 0 Å². The van der Waals surface area contributed by atoms with Crippen LogP contribution in [-0.2, 0) is 9.59 Å². The van der Waals surface area contributed by atoms with Gasteiger partial charge in [-0.1, -0.05) is 38.9 Å². The minimum atomic E-state index is -0.776. The van der Waals surface area contributed by atoms with E-state index >= 15 is 0 Å². The largest absolute Gasteiger partial charge is 0.392 e. The first-order chi connectivity index (χ1) is 9.73. The summed E-state index contributed by atoms with van der Waals surface area (Å²) in [6.45, 7) is 6.75. The van der Waals surface area contributed by atoms with Crippen LogP contribution in [-0.4, -0.2) is 34.8 Å². The molecule has 1 aliphatic rings. The van der Waals surface area contributed by atoms with Crippen LogP contribution in [0.1, 0.15) is 52.9 Å². The van der Waals surface area contributed by atoms with E-state index in [0.717, 1.165) is 12.8 Å². The zero-order chi connectivity index (χ0) is 16.3. The fourth-order valence-corrected chi connectivity index (χ4v) is 3.47. The molecule has 4 N–H and O–H groups in total. The van der Waals surface area contributed by atoms with Gasteiger partial charge in [0.05, 0.1) is 15.8 Å². The van der Waals surface area contributed by atoms with Crippen molar-refractivity contribution in [2.45, 2.75) is 52.9 Å². The van der Waals surface area contributed by atoms with E-state index in [2.05, 4.69) is 0 Å². The van der Waals surface area contributed by atoms with E-state index in [1.54, 1.807) is 4.90 Å². The molecule has 1 atom stereocenters. The monoisotopic (exact) mass is 313 g/mol. The third-order valence-electron chi connectivity index (χ3n) is 4.59. The Labute approximate surface area is 132 Å². The number of carbonyl (C=O) groups is 2. The van der Waals surface area contributed by atoms with Gasteiger partial charge >= 0.3 is 0 Å². The summed E-state index contributed by atoms with van der Waals surface area (Å²) >= 11 is 5.22. The number of nitrogens with zero attached hydrogens (tertiary/aromatic N) is 1. The molecule has 6 heteroatoms. The van der Waals surface area contributed by atoms with Crippen molar-refractivity contribution in [2.75, 3.05) is 13.1 Å². The quantitative estimate of drug-likeness (QED) is 0.698. The van der Waals surface area contributed by atoms with Crippen molar-refractivity contribution in [1.82, 2.24) is 4.90 Å². The third kappa shape index (κ3) is 3.36. The van der Waals surface area contributed by atoms with Crippen molar-refractivity contribution in [3.8, 4) is 0 Å². The lowest BCUT2D eigenvalue weighted by atomic mass is 9.77. The highest BCUT2D eigenvalue weighted by atomic mass is 32.1. The lowest BCUT2D eigenvalue weighted by Gasteiger charge is -2.35. The number of hydrogen-bond acceptors (Lipinski definition) is 3. The topological polar surface area (TPSA) is 89.4 Å². The Balaban J connectivity index is 3.02. The van der Waals surface area contributed by atoms with Crippen LogP contribution >= 0.6 is 12.2 Å². The minimum Gasteiger partial charge on any atom is -0.392 e. The molecule has 1 fully saturated rings. The van der Waals surface area contributed by atoms with Gasteiger partial charge in [0.15, 0.2) is 0 Å². The molecule has 2 amide bonds. The summed E-state index contributed by atoms with van der Waals surface area (Å²) in [5.74, 6) is -0.395. The number of nitrogens with two attached hydrogens (primary N) is 2. The number of primary amides is 1. The van der Waals surface area contributed by atoms with Gasteiger partial charge in [-0.15, -0.1) is 0 Å². The highest BCUT2D eigenvalue weighted by Gasteiger charge is 2.48. The summed E-state index contributed by atoms with van der Waals surface area (Å²) in [5.41, 5.74) is 9.97. The van der Waals surface area contributed by atoms with Crippen molar-refractivity contribution in [3.05, 3.63) is 0 Å². The van der Waals surface area contributed by atoms with Crippen LogP contribution in [0.2, 0.25) is 0 Å². The Morgan fingerprint density at radius 1 is 1.24 bits per heavy atom. The van der Waals surface area contributed by atoms with Gasteiger partial charge in [-0.25, -0.2) is 0 Å². The summed E-state index contributed by atoms with van der Waals surface area (Å²) < 4.78 is 0. The van der Waals surface area contributed by atoms with Crippen LogP contribution in [0.4, 0.5) is 0 Å². The Morgan fingerprint density at radius 2 is 1.76 bits per heavy atom. The first-order valence-electron chi connectivity index (χ1n) is 7.62. The predicted molar refractivity (Wildman–Crippen MR) is 87.5 cm³/mol. The van der Waals surface area contributed by atoms with E-state index in [0.29, 0.717) is 32.4 Å². The second kappa shape index (κ2) is 6.73. The van der Waals surface area contributed by atoms with E-state index in [1.165, 1.54) is 0 Å². The molecular formula is C15H27N3O2S. The molecule has 1 rings (SSSR count). The lowest BCUT2D eigenvalue weighted by molar-refractivity contribution is -0.138.